The molecule has 3 heteroatoms. The van der Waals surface area contributed by atoms with Gasteiger partial charge in [-0.1, -0.05) is 24.3 Å². The molecule has 1 N–H and O–H groups in total. The Bertz CT molecular complexity index is 369. The molecule has 1 aromatic rings. The standard InChI is InChI=1S/C12H14O3/c1-9(12(13)14)6-7-10-4-3-5-11(8-10)15-2/h3-9H,1-2H3,(H,13,14)/b7-6+. The number of hydrogen-bond acceptors (Lipinski definition) is 2. The molecule has 0 spiro atoms. The number of hydrogen-bond donors (Lipinski definition) is 1. The zero-order valence-corrected chi connectivity index (χ0v) is 8.81. The molecule has 0 radical (unpaired) electrons. The average Bonchev–Trinajstić information content (AvgIpc) is 2.26. The Morgan fingerprint density at radius 2 is 2.27 bits per heavy atom. The lowest BCUT2D eigenvalue weighted by molar-refractivity contribution is -0.139. The largest absolute Gasteiger partial charge is 0.497 e. The van der Waals surface area contributed by atoms with Crippen molar-refractivity contribution >= 4 is 12.0 Å². The predicted octanol–water partition coefficient (Wildman–Crippen LogP) is 2.43. The van der Waals surface area contributed by atoms with Crippen LogP contribution in [0.15, 0.2) is 30.3 Å². The van der Waals surface area contributed by atoms with E-state index in [4.69, 9.17) is 9.84 Å². The Morgan fingerprint density at radius 1 is 1.53 bits per heavy atom. The molecule has 0 saturated carbocycles. The maximum Gasteiger partial charge on any atom is 0.310 e. The second kappa shape index (κ2) is 5.20. The van der Waals surface area contributed by atoms with Crippen molar-refractivity contribution < 1.29 is 14.6 Å². The molecule has 0 aliphatic carbocycles. The van der Waals surface area contributed by atoms with Gasteiger partial charge in [0.2, 0.25) is 0 Å². The van der Waals surface area contributed by atoms with Gasteiger partial charge < -0.3 is 9.84 Å². The molecule has 0 heterocycles. The van der Waals surface area contributed by atoms with E-state index in [0.717, 1.165) is 11.3 Å². The molecular formula is C12H14O3. The normalized spacial score (nSPS) is 12.7. The predicted molar refractivity (Wildman–Crippen MR) is 58.8 cm³/mol. The molecular weight excluding hydrogens is 192 g/mol. The molecule has 80 valence electrons. The van der Waals surface area contributed by atoms with Gasteiger partial charge in [-0.3, -0.25) is 4.79 Å². The highest BCUT2D eigenvalue weighted by molar-refractivity contribution is 5.73. The van der Waals surface area contributed by atoms with E-state index < -0.39 is 11.9 Å². The Labute approximate surface area is 89.0 Å². The van der Waals surface area contributed by atoms with Gasteiger partial charge >= 0.3 is 5.97 Å². The third-order valence-corrected chi connectivity index (χ3v) is 2.06. The lowest BCUT2D eigenvalue weighted by Crippen LogP contribution is -2.05. The number of ether oxygens (including phenoxy) is 1. The molecule has 0 aromatic heterocycles. The zero-order valence-electron chi connectivity index (χ0n) is 8.81. The summed E-state index contributed by atoms with van der Waals surface area (Å²) in [5, 5.41) is 8.68. The van der Waals surface area contributed by atoms with Gasteiger partial charge in [0.1, 0.15) is 5.75 Å². The summed E-state index contributed by atoms with van der Waals surface area (Å²) >= 11 is 0. The summed E-state index contributed by atoms with van der Waals surface area (Å²) in [6.07, 6.45) is 3.43. The van der Waals surface area contributed by atoms with Crippen molar-refractivity contribution in [2.24, 2.45) is 5.92 Å². The van der Waals surface area contributed by atoms with Gasteiger partial charge in [0, 0.05) is 0 Å². The minimum Gasteiger partial charge on any atom is -0.497 e. The molecule has 3 nitrogen and oxygen atoms in total. The van der Waals surface area contributed by atoms with Crippen molar-refractivity contribution in [3.63, 3.8) is 0 Å². The molecule has 15 heavy (non-hydrogen) atoms. The van der Waals surface area contributed by atoms with E-state index in [2.05, 4.69) is 0 Å². The maximum atomic E-state index is 10.6. The molecule has 1 unspecified atom stereocenters. The SMILES string of the molecule is COc1cccc(/C=C/C(C)C(=O)O)c1. The van der Waals surface area contributed by atoms with Crippen LogP contribution in [-0.2, 0) is 4.79 Å². The van der Waals surface area contributed by atoms with Crippen molar-refractivity contribution in [2.75, 3.05) is 7.11 Å². The second-order valence-electron chi connectivity index (χ2n) is 3.26. The number of carboxylic acid groups (broad SMARTS) is 1. The summed E-state index contributed by atoms with van der Waals surface area (Å²) in [6.45, 7) is 1.64. The smallest absolute Gasteiger partial charge is 0.310 e. The summed E-state index contributed by atoms with van der Waals surface area (Å²) in [5.74, 6) is -0.537. The van der Waals surface area contributed by atoms with Crippen molar-refractivity contribution in [1.82, 2.24) is 0 Å². The van der Waals surface area contributed by atoms with E-state index in [9.17, 15) is 4.79 Å². The van der Waals surface area contributed by atoms with E-state index in [1.165, 1.54) is 0 Å². The lowest BCUT2D eigenvalue weighted by Gasteiger charge is -2.01. The Balaban J connectivity index is 2.75. The minimum atomic E-state index is -0.825. The number of carbonyl (C=O) groups is 1. The van der Waals surface area contributed by atoms with Gasteiger partial charge in [0.05, 0.1) is 13.0 Å². The van der Waals surface area contributed by atoms with Gasteiger partial charge in [-0.05, 0) is 24.6 Å². The number of methoxy groups -OCH3 is 1. The highest BCUT2D eigenvalue weighted by Gasteiger charge is 2.04. The fourth-order valence-corrected chi connectivity index (χ4v) is 1.08. The second-order valence-corrected chi connectivity index (χ2v) is 3.26. The van der Waals surface area contributed by atoms with Crippen LogP contribution >= 0.6 is 0 Å². The molecule has 1 aromatic carbocycles. The summed E-state index contributed by atoms with van der Waals surface area (Å²) < 4.78 is 5.06. The lowest BCUT2D eigenvalue weighted by atomic mass is 10.1. The van der Waals surface area contributed by atoms with E-state index in [1.54, 1.807) is 26.2 Å². The molecule has 1 atom stereocenters. The van der Waals surface area contributed by atoms with Crippen molar-refractivity contribution in [2.45, 2.75) is 6.92 Å². The number of benzene rings is 1. The summed E-state index contributed by atoms with van der Waals surface area (Å²) in [7, 11) is 1.60. The summed E-state index contributed by atoms with van der Waals surface area (Å²) in [5.41, 5.74) is 0.933. The molecule has 1 rings (SSSR count). The first-order valence-corrected chi connectivity index (χ1v) is 4.68. The van der Waals surface area contributed by atoms with Crippen molar-refractivity contribution in [3.05, 3.63) is 35.9 Å². The van der Waals surface area contributed by atoms with Crippen LogP contribution in [0.3, 0.4) is 0 Å². The van der Waals surface area contributed by atoms with Gasteiger partial charge in [0.25, 0.3) is 0 Å². The molecule has 0 saturated heterocycles. The Kier molecular flexibility index (Phi) is 3.92. The van der Waals surface area contributed by atoms with Gasteiger partial charge in [-0.15, -0.1) is 0 Å². The first kappa shape index (κ1) is 11.3. The van der Waals surface area contributed by atoms with Crippen LogP contribution in [0.25, 0.3) is 6.08 Å². The number of aliphatic carboxylic acids is 1. The fourth-order valence-electron chi connectivity index (χ4n) is 1.08. The van der Waals surface area contributed by atoms with E-state index in [0.29, 0.717) is 0 Å². The van der Waals surface area contributed by atoms with Gasteiger partial charge in [0.15, 0.2) is 0 Å². The molecule has 0 fully saturated rings. The quantitative estimate of drug-likeness (QED) is 0.823. The van der Waals surface area contributed by atoms with Gasteiger partial charge in [-0.2, -0.15) is 0 Å². The third kappa shape index (κ3) is 3.46. The van der Waals surface area contributed by atoms with Crippen molar-refractivity contribution in [3.8, 4) is 5.75 Å². The summed E-state index contributed by atoms with van der Waals surface area (Å²) in [4.78, 5) is 10.6. The first-order valence-electron chi connectivity index (χ1n) is 4.68. The van der Waals surface area contributed by atoms with Gasteiger partial charge in [-0.25, -0.2) is 0 Å². The number of rotatable bonds is 4. The number of carboxylic acids is 1. The zero-order chi connectivity index (χ0) is 11.3. The maximum absolute atomic E-state index is 10.6. The molecule has 0 bridgehead atoms. The topological polar surface area (TPSA) is 46.5 Å². The van der Waals surface area contributed by atoms with E-state index >= 15 is 0 Å². The average molecular weight is 206 g/mol. The van der Waals surface area contributed by atoms with Crippen LogP contribution in [0.2, 0.25) is 0 Å². The monoisotopic (exact) mass is 206 g/mol. The summed E-state index contributed by atoms with van der Waals surface area (Å²) in [6, 6.07) is 7.46. The van der Waals surface area contributed by atoms with Crippen LogP contribution < -0.4 is 4.74 Å². The highest BCUT2D eigenvalue weighted by atomic mass is 16.5. The Hall–Kier alpha value is -1.77. The molecule has 0 amide bonds. The van der Waals surface area contributed by atoms with Crippen LogP contribution in [0.5, 0.6) is 5.75 Å². The van der Waals surface area contributed by atoms with E-state index in [-0.39, 0.29) is 0 Å². The van der Waals surface area contributed by atoms with Crippen LogP contribution in [-0.4, -0.2) is 18.2 Å². The highest BCUT2D eigenvalue weighted by Crippen LogP contribution is 2.14. The van der Waals surface area contributed by atoms with Crippen molar-refractivity contribution in [1.29, 1.82) is 0 Å². The third-order valence-electron chi connectivity index (χ3n) is 2.06. The van der Waals surface area contributed by atoms with Crippen LogP contribution in [0, 0.1) is 5.92 Å². The molecule has 0 aliphatic heterocycles. The molecule has 0 aliphatic rings. The van der Waals surface area contributed by atoms with Crippen LogP contribution in [0.1, 0.15) is 12.5 Å². The van der Waals surface area contributed by atoms with E-state index in [1.807, 2.05) is 24.3 Å². The Morgan fingerprint density at radius 3 is 2.87 bits per heavy atom. The first-order chi connectivity index (χ1) is 7.13. The fraction of sp³-hybridized carbons (Fsp3) is 0.250. The van der Waals surface area contributed by atoms with Crippen LogP contribution in [0.4, 0.5) is 0 Å². The minimum absolute atomic E-state index is 0.476.